The van der Waals surface area contributed by atoms with Crippen molar-refractivity contribution < 1.29 is 33.8 Å². The number of hydrogen-bond acceptors (Lipinski definition) is 11. The SMILES string of the molecule is Cc1ncsc1-c1ccc(CNC(=O)C2CC(O)CN2C(=O)C(NC(=O)COCCCCCNc2ccc(CN3CC(C)(C)C(Oc4ccc(C#N)c(Cl)c4)C3=O)cc2)C(C)(C)C)cc1. The largest absolute Gasteiger partial charge is 0.480 e. The summed E-state index contributed by atoms with van der Waals surface area (Å²) in [4.78, 5) is 62.5. The summed E-state index contributed by atoms with van der Waals surface area (Å²) in [6.45, 7) is 13.7. The maximum atomic E-state index is 14.0. The second-order valence-corrected chi connectivity index (χ2v) is 19.9. The van der Waals surface area contributed by atoms with Crippen LogP contribution in [-0.2, 0) is 37.0 Å². The number of nitrogens with one attached hydrogen (secondary N) is 3. The summed E-state index contributed by atoms with van der Waals surface area (Å²) >= 11 is 7.76. The molecule has 65 heavy (non-hydrogen) atoms. The van der Waals surface area contributed by atoms with Crippen LogP contribution in [0.2, 0.25) is 5.02 Å². The molecule has 4 N–H and O–H groups in total. The summed E-state index contributed by atoms with van der Waals surface area (Å²) in [5, 5.41) is 29.2. The molecule has 4 amide bonds. The molecule has 2 aliphatic rings. The van der Waals surface area contributed by atoms with Crippen molar-refractivity contribution in [3.05, 3.63) is 99.6 Å². The lowest BCUT2D eigenvalue weighted by Gasteiger charge is -2.35. The Hall–Kier alpha value is -5.53. The molecule has 3 heterocycles. The number of rotatable bonds is 19. The van der Waals surface area contributed by atoms with Gasteiger partial charge in [-0.3, -0.25) is 19.2 Å². The number of aliphatic hydroxyl groups is 1. The number of likely N-dealkylation sites (tertiary alicyclic amines) is 2. The van der Waals surface area contributed by atoms with E-state index in [4.69, 9.17) is 26.3 Å². The van der Waals surface area contributed by atoms with Gasteiger partial charge in [0.25, 0.3) is 5.91 Å². The number of nitrogens with zero attached hydrogens (tertiary/aromatic N) is 4. The lowest BCUT2D eigenvalue weighted by atomic mass is 9.85. The molecule has 4 unspecified atom stereocenters. The number of ether oxygens (including phenoxy) is 2. The number of hydrogen-bond donors (Lipinski definition) is 4. The third kappa shape index (κ3) is 12.8. The Kier molecular flexibility index (Phi) is 16.3. The van der Waals surface area contributed by atoms with E-state index >= 15 is 0 Å². The Balaban J connectivity index is 0.876. The van der Waals surface area contributed by atoms with Gasteiger partial charge in [0.2, 0.25) is 17.7 Å². The average molecular weight is 927 g/mol. The lowest BCUT2D eigenvalue weighted by Crippen LogP contribution is -2.58. The molecule has 0 saturated carbocycles. The predicted octanol–water partition coefficient (Wildman–Crippen LogP) is 6.87. The number of aromatic nitrogens is 1. The normalized spacial score (nSPS) is 18.6. The van der Waals surface area contributed by atoms with Gasteiger partial charge in [0.1, 0.15) is 30.5 Å². The van der Waals surface area contributed by atoms with E-state index in [2.05, 4.69) is 20.9 Å². The quantitative estimate of drug-likeness (QED) is 0.0724. The van der Waals surface area contributed by atoms with E-state index < -0.39 is 46.9 Å². The van der Waals surface area contributed by atoms with Gasteiger partial charge in [-0.2, -0.15) is 5.26 Å². The van der Waals surface area contributed by atoms with Crippen molar-refractivity contribution >= 4 is 52.3 Å². The fourth-order valence-corrected chi connectivity index (χ4v) is 9.15. The van der Waals surface area contributed by atoms with Crippen molar-refractivity contribution in [1.29, 1.82) is 5.26 Å². The Labute approximate surface area is 390 Å². The zero-order chi connectivity index (χ0) is 46.9. The van der Waals surface area contributed by atoms with Gasteiger partial charge < -0.3 is 40.3 Å². The van der Waals surface area contributed by atoms with Crippen molar-refractivity contribution in [2.45, 2.75) is 105 Å². The molecule has 16 heteroatoms. The van der Waals surface area contributed by atoms with E-state index in [1.54, 1.807) is 34.4 Å². The fraction of sp³-hybridized carbons (Fsp3) is 0.469. The number of β-amino-alcohol motifs (C(OH)–C–C–N with tert-alkyl or cyclic N) is 1. The van der Waals surface area contributed by atoms with Crippen LogP contribution < -0.4 is 20.7 Å². The fourth-order valence-electron chi connectivity index (χ4n) is 8.13. The van der Waals surface area contributed by atoms with Crippen LogP contribution in [0.3, 0.4) is 0 Å². The van der Waals surface area contributed by atoms with Crippen molar-refractivity contribution in [2.24, 2.45) is 10.8 Å². The first kappa shape index (κ1) is 48.9. The van der Waals surface area contributed by atoms with E-state index in [1.165, 1.54) is 4.90 Å². The van der Waals surface area contributed by atoms with E-state index in [1.807, 2.05) is 102 Å². The number of halogens is 1. The number of carbonyl (C=O) groups is 4. The highest BCUT2D eigenvalue weighted by Gasteiger charge is 2.48. The lowest BCUT2D eigenvalue weighted by molar-refractivity contribution is -0.144. The maximum absolute atomic E-state index is 14.0. The molecule has 0 aliphatic carbocycles. The third-order valence-corrected chi connectivity index (χ3v) is 13.0. The van der Waals surface area contributed by atoms with Crippen molar-refractivity contribution in [1.82, 2.24) is 25.4 Å². The molecule has 2 saturated heterocycles. The molecule has 1 aromatic heterocycles. The smallest absolute Gasteiger partial charge is 0.264 e. The summed E-state index contributed by atoms with van der Waals surface area (Å²) in [7, 11) is 0. The molecule has 346 valence electrons. The summed E-state index contributed by atoms with van der Waals surface area (Å²) in [6, 6.07) is 20.9. The van der Waals surface area contributed by atoms with Crippen LogP contribution >= 0.6 is 22.9 Å². The van der Waals surface area contributed by atoms with Gasteiger partial charge in [0.05, 0.1) is 32.8 Å². The maximum Gasteiger partial charge on any atom is 0.264 e. The number of aliphatic hydroxyl groups excluding tert-OH is 1. The molecular formula is C49H60ClN7O7S. The van der Waals surface area contributed by atoms with Gasteiger partial charge in [-0.1, -0.05) is 82.6 Å². The molecule has 2 aliphatic heterocycles. The average Bonchev–Trinajstić information content (AvgIpc) is 3.94. The van der Waals surface area contributed by atoms with Crippen LogP contribution in [-0.4, -0.2) is 101 Å². The number of unbranched alkanes of at least 4 members (excludes halogenated alkanes) is 2. The number of amides is 4. The minimum Gasteiger partial charge on any atom is -0.480 e. The van der Waals surface area contributed by atoms with Gasteiger partial charge >= 0.3 is 0 Å². The number of anilines is 1. The molecule has 4 aromatic rings. The number of thiazole rings is 1. The molecule has 14 nitrogen and oxygen atoms in total. The second-order valence-electron chi connectivity index (χ2n) is 18.6. The zero-order valence-electron chi connectivity index (χ0n) is 38.0. The van der Waals surface area contributed by atoms with Gasteiger partial charge in [-0.15, -0.1) is 11.3 Å². The monoisotopic (exact) mass is 925 g/mol. The first-order valence-corrected chi connectivity index (χ1v) is 23.3. The van der Waals surface area contributed by atoms with E-state index in [9.17, 15) is 24.3 Å². The van der Waals surface area contributed by atoms with Crippen molar-refractivity contribution in [2.75, 3.05) is 38.2 Å². The molecule has 0 spiro atoms. The topological polar surface area (TPSA) is 186 Å². The highest BCUT2D eigenvalue weighted by atomic mass is 35.5. The van der Waals surface area contributed by atoms with E-state index in [-0.39, 0.29) is 43.0 Å². The van der Waals surface area contributed by atoms with Crippen LogP contribution in [0.4, 0.5) is 5.69 Å². The Bertz CT molecular complexity index is 2340. The summed E-state index contributed by atoms with van der Waals surface area (Å²) in [6.07, 6.45) is 1.07. The summed E-state index contributed by atoms with van der Waals surface area (Å²) < 4.78 is 11.8. The molecular weight excluding hydrogens is 866 g/mol. The molecule has 6 rings (SSSR count). The number of aryl methyl sites for hydroxylation is 1. The van der Waals surface area contributed by atoms with E-state index in [0.29, 0.717) is 31.0 Å². The minimum atomic E-state index is -0.939. The van der Waals surface area contributed by atoms with Crippen molar-refractivity contribution in [3.63, 3.8) is 0 Å². The van der Waals surface area contributed by atoms with Crippen LogP contribution in [0.15, 0.2) is 72.2 Å². The van der Waals surface area contributed by atoms with Crippen LogP contribution in [0.25, 0.3) is 10.4 Å². The van der Waals surface area contributed by atoms with Gasteiger partial charge in [-0.05, 0) is 72.6 Å². The van der Waals surface area contributed by atoms with Crippen LogP contribution in [0, 0.1) is 29.1 Å². The minimum absolute atomic E-state index is 0.00439. The predicted molar refractivity (Wildman–Crippen MR) is 251 cm³/mol. The highest BCUT2D eigenvalue weighted by Crippen LogP contribution is 2.36. The molecule has 0 bridgehead atoms. The number of nitriles is 1. The third-order valence-electron chi connectivity index (χ3n) is 11.7. The van der Waals surface area contributed by atoms with Gasteiger partial charge in [0, 0.05) is 62.9 Å². The Morgan fingerprint density at radius 3 is 2.43 bits per heavy atom. The summed E-state index contributed by atoms with van der Waals surface area (Å²) in [5.74, 6) is -0.865. The Morgan fingerprint density at radius 2 is 1.77 bits per heavy atom. The van der Waals surface area contributed by atoms with Gasteiger partial charge in [0.15, 0.2) is 6.10 Å². The molecule has 0 radical (unpaired) electrons. The highest BCUT2D eigenvalue weighted by molar-refractivity contribution is 7.13. The molecule has 3 aromatic carbocycles. The molecule has 4 atom stereocenters. The van der Waals surface area contributed by atoms with Crippen molar-refractivity contribution in [3.8, 4) is 22.3 Å². The first-order chi connectivity index (χ1) is 30.9. The standard InChI is InChI=1S/C49H60ClN7O7S/c1-31-42(65-30-54-31)34-14-10-32(11-15-34)25-53-45(60)40-22-37(58)27-57(40)46(61)43(48(2,3)4)55-41(59)28-63-21-9-7-8-20-52-36-17-12-33(13-18-36)26-56-29-49(5,6)44(47(56)62)64-38-19-16-35(24-51)39(50)23-38/h10-19,23,30,37,40,43-44,52,58H,7-9,20-22,25-29H2,1-6H3,(H,53,60)(H,55,59). The van der Waals surface area contributed by atoms with Gasteiger partial charge in [-0.25, -0.2) is 4.98 Å². The number of benzene rings is 3. The van der Waals surface area contributed by atoms with Crippen LogP contribution in [0.1, 0.15) is 82.7 Å². The zero-order valence-corrected chi connectivity index (χ0v) is 39.6. The number of carbonyl (C=O) groups excluding carboxylic acids is 4. The second kappa shape index (κ2) is 21.6. The first-order valence-electron chi connectivity index (χ1n) is 22.0. The molecule has 2 fully saturated rings. The Morgan fingerprint density at radius 1 is 1.05 bits per heavy atom. The van der Waals surface area contributed by atoms with Crippen LogP contribution in [0.5, 0.6) is 5.75 Å². The van der Waals surface area contributed by atoms with E-state index in [0.717, 1.165) is 58.8 Å². The summed E-state index contributed by atoms with van der Waals surface area (Å²) in [5.41, 5.74) is 5.93.